The number of amides is 1. The number of carbonyl (C=O) groups excluding carboxylic acids is 1. The molecule has 26 heavy (non-hydrogen) atoms. The molecule has 3 rings (SSSR count). The van der Waals surface area contributed by atoms with Gasteiger partial charge < -0.3 is 9.88 Å². The molecule has 1 N–H and O–H groups in total. The van der Waals surface area contributed by atoms with Crippen molar-refractivity contribution in [1.82, 2.24) is 14.8 Å². The summed E-state index contributed by atoms with van der Waals surface area (Å²) in [6.07, 6.45) is 0. The van der Waals surface area contributed by atoms with Gasteiger partial charge in [-0.3, -0.25) is 4.79 Å². The number of anilines is 1. The number of benzene rings is 2. The van der Waals surface area contributed by atoms with E-state index < -0.39 is 5.25 Å². The molecule has 1 atom stereocenters. The van der Waals surface area contributed by atoms with E-state index in [1.165, 1.54) is 11.8 Å². The number of para-hydroxylation sites is 1. The van der Waals surface area contributed by atoms with Crippen molar-refractivity contribution < 1.29 is 4.79 Å². The van der Waals surface area contributed by atoms with Crippen LogP contribution in [-0.2, 0) is 11.8 Å². The highest BCUT2D eigenvalue weighted by Gasteiger charge is 2.21. The summed E-state index contributed by atoms with van der Waals surface area (Å²) in [5.74, 6) is 0.532. The van der Waals surface area contributed by atoms with Crippen LogP contribution >= 0.6 is 35.0 Å². The lowest BCUT2D eigenvalue weighted by Crippen LogP contribution is -2.23. The lowest BCUT2D eigenvalue weighted by Gasteiger charge is -2.13. The first kappa shape index (κ1) is 18.8. The average Bonchev–Trinajstić information content (AvgIpc) is 2.99. The summed E-state index contributed by atoms with van der Waals surface area (Å²) in [6.45, 7) is 1.79. The van der Waals surface area contributed by atoms with Gasteiger partial charge >= 0.3 is 0 Å². The van der Waals surface area contributed by atoms with E-state index in [0.717, 1.165) is 11.4 Å². The average molecular weight is 407 g/mol. The molecule has 1 aromatic heterocycles. The van der Waals surface area contributed by atoms with E-state index in [-0.39, 0.29) is 5.91 Å². The molecule has 0 spiro atoms. The molecule has 0 unspecified atom stereocenters. The summed E-state index contributed by atoms with van der Waals surface area (Å²) in [5, 5.41) is 12.2. The van der Waals surface area contributed by atoms with Crippen molar-refractivity contribution in [2.24, 2.45) is 7.05 Å². The summed E-state index contributed by atoms with van der Waals surface area (Å²) in [4.78, 5) is 12.5. The third-order valence-corrected chi connectivity index (χ3v) is 5.49. The van der Waals surface area contributed by atoms with E-state index in [1.54, 1.807) is 25.1 Å². The van der Waals surface area contributed by atoms with Gasteiger partial charge in [0.2, 0.25) is 5.91 Å². The van der Waals surface area contributed by atoms with Crippen molar-refractivity contribution in [1.29, 1.82) is 0 Å². The second kappa shape index (κ2) is 8.12. The van der Waals surface area contributed by atoms with Gasteiger partial charge in [0.25, 0.3) is 0 Å². The zero-order valence-corrected chi connectivity index (χ0v) is 16.4. The number of hydrogen-bond acceptors (Lipinski definition) is 4. The third-order valence-electron chi connectivity index (χ3n) is 3.73. The van der Waals surface area contributed by atoms with Crippen LogP contribution in [0.1, 0.15) is 6.92 Å². The number of halogens is 2. The molecule has 1 heterocycles. The Bertz CT molecular complexity index is 910. The Labute approximate surface area is 165 Å². The number of rotatable bonds is 5. The lowest BCUT2D eigenvalue weighted by molar-refractivity contribution is -0.115. The van der Waals surface area contributed by atoms with E-state index in [9.17, 15) is 4.79 Å². The fourth-order valence-electron chi connectivity index (χ4n) is 2.31. The molecule has 0 saturated heterocycles. The fraction of sp³-hybridized carbons (Fsp3) is 0.167. The molecular weight excluding hydrogens is 391 g/mol. The summed E-state index contributed by atoms with van der Waals surface area (Å²) in [7, 11) is 1.88. The predicted molar refractivity (Wildman–Crippen MR) is 107 cm³/mol. The van der Waals surface area contributed by atoms with Gasteiger partial charge in [-0.25, -0.2) is 0 Å². The smallest absolute Gasteiger partial charge is 0.237 e. The van der Waals surface area contributed by atoms with Crippen molar-refractivity contribution >= 4 is 46.6 Å². The van der Waals surface area contributed by atoms with Gasteiger partial charge in [-0.05, 0) is 19.1 Å². The van der Waals surface area contributed by atoms with Gasteiger partial charge in [0.15, 0.2) is 11.0 Å². The molecule has 3 aromatic rings. The van der Waals surface area contributed by atoms with Gasteiger partial charge in [0.1, 0.15) is 0 Å². The van der Waals surface area contributed by atoms with Crippen LogP contribution in [0.3, 0.4) is 0 Å². The first-order valence-electron chi connectivity index (χ1n) is 7.83. The molecule has 0 radical (unpaired) electrons. The summed E-state index contributed by atoms with van der Waals surface area (Å²) in [6, 6.07) is 14.8. The topological polar surface area (TPSA) is 59.8 Å². The molecule has 0 aliphatic heterocycles. The number of nitrogens with one attached hydrogen (secondary N) is 1. The van der Waals surface area contributed by atoms with E-state index in [0.29, 0.717) is 20.9 Å². The highest BCUT2D eigenvalue weighted by molar-refractivity contribution is 8.00. The predicted octanol–water partition coefficient (Wildman–Crippen LogP) is 4.91. The highest BCUT2D eigenvalue weighted by atomic mass is 35.5. The van der Waals surface area contributed by atoms with Crippen molar-refractivity contribution in [2.45, 2.75) is 17.3 Å². The molecule has 0 aliphatic rings. The van der Waals surface area contributed by atoms with E-state index in [2.05, 4.69) is 15.5 Å². The second-order valence-corrected chi connectivity index (χ2v) is 7.70. The Kier molecular flexibility index (Phi) is 5.86. The van der Waals surface area contributed by atoms with Crippen LogP contribution in [0.5, 0.6) is 0 Å². The Morgan fingerprint density at radius 2 is 1.73 bits per heavy atom. The van der Waals surface area contributed by atoms with Crippen molar-refractivity contribution in [3.8, 4) is 11.4 Å². The molecule has 0 saturated carbocycles. The molecule has 2 aromatic carbocycles. The maximum atomic E-state index is 12.5. The standard InChI is InChI=1S/C18H16Cl2N4OS/c1-11(17(25)21-15-13(19)9-6-10-14(15)20)26-18-23-22-16(24(18)2)12-7-4-3-5-8-12/h3-11H,1-2H3,(H,21,25)/t11-/m1/s1. The van der Waals surface area contributed by atoms with Crippen LogP contribution in [0.25, 0.3) is 11.4 Å². The molecule has 0 aliphatic carbocycles. The third kappa shape index (κ3) is 4.03. The second-order valence-electron chi connectivity index (χ2n) is 5.58. The first-order valence-corrected chi connectivity index (χ1v) is 9.47. The molecule has 1 amide bonds. The maximum Gasteiger partial charge on any atom is 0.237 e. The molecule has 0 fully saturated rings. The summed E-state index contributed by atoms with van der Waals surface area (Å²) >= 11 is 13.5. The number of thioether (sulfide) groups is 1. The lowest BCUT2D eigenvalue weighted by atomic mass is 10.2. The SMILES string of the molecule is C[C@@H](Sc1nnc(-c2ccccc2)n1C)C(=O)Nc1c(Cl)cccc1Cl. The Balaban J connectivity index is 1.73. The largest absolute Gasteiger partial charge is 0.323 e. The Hall–Kier alpha value is -2.02. The van der Waals surface area contributed by atoms with Crippen molar-refractivity contribution in [3.05, 3.63) is 58.6 Å². The zero-order valence-electron chi connectivity index (χ0n) is 14.1. The van der Waals surface area contributed by atoms with Crippen LogP contribution in [-0.4, -0.2) is 25.9 Å². The molecule has 8 heteroatoms. The maximum absolute atomic E-state index is 12.5. The zero-order chi connectivity index (χ0) is 18.7. The highest BCUT2D eigenvalue weighted by Crippen LogP contribution is 2.31. The Morgan fingerprint density at radius 3 is 2.38 bits per heavy atom. The van der Waals surface area contributed by atoms with Crippen molar-refractivity contribution in [3.63, 3.8) is 0 Å². The number of carbonyl (C=O) groups is 1. The molecular formula is C18H16Cl2N4OS. The summed E-state index contributed by atoms with van der Waals surface area (Å²) in [5.41, 5.74) is 1.38. The minimum atomic E-state index is -0.408. The van der Waals surface area contributed by atoms with Crippen LogP contribution in [0.2, 0.25) is 10.0 Å². The molecule has 5 nitrogen and oxygen atoms in total. The monoisotopic (exact) mass is 406 g/mol. The molecule has 0 bridgehead atoms. The molecule has 134 valence electrons. The fourth-order valence-corrected chi connectivity index (χ4v) is 3.62. The van der Waals surface area contributed by atoms with Gasteiger partial charge in [-0.15, -0.1) is 10.2 Å². The van der Waals surface area contributed by atoms with Crippen LogP contribution in [0.15, 0.2) is 53.7 Å². The summed E-state index contributed by atoms with van der Waals surface area (Å²) < 4.78 is 1.87. The van der Waals surface area contributed by atoms with Crippen molar-refractivity contribution in [2.75, 3.05) is 5.32 Å². The van der Waals surface area contributed by atoms with Crippen LogP contribution < -0.4 is 5.32 Å². The van der Waals surface area contributed by atoms with E-state index in [1.807, 2.05) is 41.9 Å². The van der Waals surface area contributed by atoms with E-state index in [4.69, 9.17) is 23.2 Å². The van der Waals surface area contributed by atoms with Crippen LogP contribution in [0.4, 0.5) is 5.69 Å². The minimum absolute atomic E-state index is 0.214. The number of hydrogen-bond donors (Lipinski definition) is 1. The first-order chi connectivity index (χ1) is 12.5. The quantitative estimate of drug-likeness (QED) is 0.611. The minimum Gasteiger partial charge on any atom is -0.323 e. The van der Waals surface area contributed by atoms with Gasteiger partial charge in [0, 0.05) is 12.6 Å². The van der Waals surface area contributed by atoms with Crippen LogP contribution in [0, 0.1) is 0 Å². The number of nitrogens with zero attached hydrogens (tertiary/aromatic N) is 3. The van der Waals surface area contributed by atoms with E-state index >= 15 is 0 Å². The normalized spacial score (nSPS) is 12.0. The van der Waals surface area contributed by atoms with Gasteiger partial charge in [-0.2, -0.15) is 0 Å². The Morgan fingerprint density at radius 1 is 1.08 bits per heavy atom. The van der Waals surface area contributed by atoms with Gasteiger partial charge in [-0.1, -0.05) is 71.4 Å². The van der Waals surface area contributed by atoms with Gasteiger partial charge in [0.05, 0.1) is 21.0 Å². The number of aromatic nitrogens is 3.